The molecule has 1 saturated heterocycles. The van der Waals surface area contributed by atoms with E-state index in [1.165, 1.54) is 11.6 Å². The van der Waals surface area contributed by atoms with E-state index in [1.54, 1.807) is 42.4 Å². The third kappa shape index (κ3) is 6.62. The number of halogens is 2. The number of piperidine rings is 1. The molecule has 2 amide bonds. The number of amides is 2. The highest BCUT2D eigenvalue weighted by Crippen LogP contribution is 2.62. The Morgan fingerprint density at radius 3 is 2.52 bits per heavy atom. The van der Waals surface area contributed by atoms with Gasteiger partial charge in [0.2, 0.25) is 11.8 Å². The van der Waals surface area contributed by atoms with Crippen molar-refractivity contribution < 1.29 is 18.8 Å². The molecule has 3 aromatic heterocycles. The van der Waals surface area contributed by atoms with Crippen LogP contribution in [0.15, 0.2) is 41.3 Å². The van der Waals surface area contributed by atoms with Crippen LogP contribution in [0, 0.1) is 19.3 Å². The van der Waals surface area contributed by atoms with Crippen molar-refractivity contribution in [2.24, 2.45) is 5.41 Å². The Balaban J connectivity index is 1.32. The number of hydrogen-bond donors (Lipinski definition) is 1. The molecule has 0 radical (unpaired) electrons. The number of carbonyl (C=O) groups is 3. The van der Waals surface area contributed by atoms with Crippen LogP contribution in [0.25, 0.3) is 22.0 Å². The molecule has 1 aliphatic carbocycles. The summed E-state index contributed by atoms with van der Waals surface area (Å²) in [6.07, 6.45) is 7.64. The van der Waals surface area contributed by atoms with E-state index in [0.29, 0.717) is 50.3 Å². The highest BCUT2D eigenvalue weighted by molar-refractivity contribution is 9.10. The maximum absolute atomic E-state index is 14.7. The lowest BCUT2D eigenvalue weighted by Gasteiger charge is -2.27. The third-order valence-electron chi connectivity index (χ3n) is 9.64. The van der Waals surface area contributed by atoms with Gasteiger partial charge in [-0.25, -0.2) is 19.3 Å². The minimum Gasteiger partial charge on any atom is -0.325 e. The topological polar surface area (TPSA) is 126 Å². The van der Waals surface area contributed by atoms with Gasteiger partial charge >= 0.3 is 0 Å². The molecule has 1 unspecified atom stereocenters. The molecule has 4 heterocycles. The van der Waals surface area contributed by atoms with Crippen LogP contribution in [0.3, 0.4) is 0 Å². The fraction of sp³-hybridized carbons (Fsp3) is 0.457. The molecular formula is C35H40BrFN8O3. The van der Waals surface area contributed by atoms with Gasteiger partial charge in [0, 0.05) is 41.9 Å². The highest BCUT2D eigenvalue weighted by atomic mass is 79.9. The van der Waals surface area contributed by atoms with Crippen molar-refractivity contribution in [1.82, 2.24) is 34.5 Å². The number of rotatable bonds is 12. The van der Waals surface area contributed by atoms with E-state index < -0.39 is 12.7 Å². The van der Waals surface area contributed by atoms with E-state index in [4.69, 9.17) is 0 Å². The molecule has 0 bridgehead atoms. The Hall–Kier alpha value is -4.10. The minimum absolute atomic E-state index is 0.0837. The van der Waals surface area contributed by atoms with Crippen molar-refractivity contribution in [3.63, 3.8) is 0 Å². The van der Waals surface area contributed by atoms with Gasteiger partial charge < -0.3 is 15.1 Å². The molecular weight excluding hydrogens is 679 g/mol. The van der Waals surface area contributed by atoms with Crippen molar-refractivity contribution in [1.29, 1.82) is 0 Å². The number of hydrogen-bond acceptors (Lipinski definition) is 8. The maximum Gasteiger partial charge on any atom is 0.248 e. The van der Waals surface area contributed by atoms with Gasteiger partial charge in [-0.3, -0.25) is 19.1 Å². The van der Waals surface area contributed by atoms with Crippen molar-refractivity contribution in [3.05, 3.63) is 63.9 Å². The molecule has 1 aromatic carbocycles. The van der Waals surface area contributed by atoms with Crippen LogP contribution in [0.1, 0.15) is 66.5 Å². The number of nitrogens with zero attached hydrogens (tertiary/aromatic N) is 7. The fourth-order valence-electron chi connectivity index (χ4n) is 7.11. The van der Waals surface area contributed by atoms with E-state index >= 15 is 0 Å². The predicted octanol–water partition coefficient (Wildman–Crippen LogP) is 5.67. The quantitative estimate of drug-likeness (QED) is 0.113. The number of Topliss-reactive ketones (excluding diaryl/α,β-unsaturated/α-hetero) is 1. The van der Waals surface area contributed by atoms with Crippen molar-refractivity contribution >= 4 is 50.2 Å². The molecule has 2 aliphatic rings. The number of carbonyl (C=O) groups excluding carboxylic acids is 3. The zero-order valence-electron chi connectivity index (χ0n) is 27.9. The number of likely N-dealkylation sites (tertiary alicyclic amines) is 1. The maximum atomic E-state index is 14.7. The third-order valence-corrected chi connectivity index (χ3v) is 10.1. The first-order chi connectivity index (χ1) is 22.9. The second kappa shape index (κ2) is 13.4. The van der Waals surface area contributed by atoms with Crippen LogP contribution in [0.2, 0.25) is 0 Å². The first-order valence-electron chi connectivity index (χ1n) is 16.2. The molecule has 1 saturated carbocycles. The summed E-state index contributed by atoms with van der Waals surface area (Å²) < 4.78 is 16.7. The second-order valence-electron chi connectivity index (χ2n) is 13.4. The monoisotopic (exact) mass is 718 g/mol. The van der Waals surface area contributed by atoms with Gasteiger partial charge in [0.25, 0.3) is 0 Å². The van der Waals surface area contributed by atoms with Gasteiger partial charge in [0.1, 0.15) is 41.2 Å². The molecule has 48 heavy (non-hydrogen) atoms. The Bertz CT molecular complexity index is 1890. The number of alkyl halides is 1. The lowest BCUT2D eigenvalue weighted by molar-refractivity contribution is -0.138. The van der Waals surface area contributed by atoms with Crippen LogP contribution < -0.4 is 5.32 Å². The van der Waals surface area contributed by atoms with Crippen LogP contribution in [0.5, 0.6) is 0 Å². The number of fused-ring (bicyclic) bond motifs is 2. The van der Waals surface area contributed by atoms with Crippen molar-refractivity contribution in [2.45, 2.75) is 78.2 Å². The summed E-state index contributed by atoms with van der Waals surface area (Å²) in [4.78, 5) is 57.8. The van der Waals surface area contributed by atoms with Crippen molar-refractivity contribution in [3.8, 4) is 11.1 Å². The molecule has 13 heteroatoms. The highest BCUT2D eigenvalue weighted by Gasteiger charge is 2.66. The van der Waals surface area contributed by atoms with E-state index in [9.17, 15) is 18.8 Å². The number of ketones is 1. The predicted molar refractivity (Wildman–Crippen MR) is 184 cm³/mol. The van der Waals surface area contributed by atoms with Crippen LogP contribution >= 0.6 is 15.9 Å². The zero-order chi connectivity index (χ0) is 34.3. The van der Waals surface area contributed by atoms with Gasteiger partial charge in [-0.2, -0.15) is 5.10 Å². The number of nitrogens with one attached hydrogen (secondary N) is 1. The summed E-state index contributed by atoms with van der Waals surface area (Å²) in [6, 6.07) is 6.34. The molecule has 0 spiro atoms. The Morgan fingerprint density at radius 1 is 1.08 bits per heavy atom. The van der Waals surface area contributed by atoms with E-state index in [0.717, 1.165) is 37.8 Å². The molecule has 252 valence electrons. The number of pyridine rings is 1. The number of aryl methyl sites for hydroxylation is 2. The standard InChI is InChI=1S/C35H40BrFN8O3/c1-20-8-9-29(36)40-33(20)41-34(48)27-14-35(10-6-7-11-43(4)5)15-28(35)45(27)30(47)19-44-32-24(16-37)12-23(25-17-38-22(3)39-18-25)13-26(32)31(42-44)21(2)46/h8-9,12-13,17-18,27-28H,6-7,10-11,14-16,19H2,1-5H3,(H,40,41,48)/t27-,28?,35-/m0/s1. The average molecular weight is 720 g/mol. The van der Waals surface area contributed by atoms with E-state index in [-0.39, 0.29) is 41.3 Å². The smallest absolute Gasteiger partial charge is 0.248 e. The number of aromatic nitrogens is 5. The summed E-state index contributed by atoms with van der Waals surface area (Å²) in [5.74, 6) is 0.149. The van der Waals surface area contributed by atoms with E-state index in [2.05, 4.69) is 60.3 Å². The number of unbranched alkanes of at least 4 members (excludes halogenated alkanes) is 1. The average Bonchev–Trinajstić information content (AvgIpc) is 3.45. The van der Waals surface area contributed by atoms with Gasteiger partial charge in [0.15, 0.2) is 5.78 Å². The first-order valence-corrected chi connectivity index (χ1v) is 17.0. The summed E-state index contributed by atoms with van der Waals surface area (Å²) in [5.41, 5.74) is 2.82. The lowest BCUT2D eigenvalue weighted by Crippen LogP contribution is -2.47. The van der Waals surface area contributed by atoms with Gasteiger partial charge in [-0.05, 0) is 111 Å². The lowest BCUT2D eigenvalue weighted by atomic mass is 9.93. The Labute approximate surface area is 287 Å². The summed E-state index contributed by atoms with van der Waals surface area (Å²) >= 11 is 3.38. The number of benzene rings is 1. The molecule has 1 aliphatic heterocycles. The minimum atomic E-state index is -0.833. The number of anilines is 1. The summed E-state index contributed by atoms with van der Waals surface area (Å²) in [6.45, 7) is 4.94. The van der Waals surface area contributed by atoms with Crippen LogP contribution in [0.4, 0.5) is 10.2 Å². The Morgan fingerprint density at radius 2 is 1.83 bits per heavy atom. The summed E-state index contributed by atoms with van der Waals surface area (Å²) in [5, 5.41) is 7.97. The molecule has 11 nitrogen and oxygen atoms in total. The normalized spacial score (nSPS) is 20.0. The van der Waals surface area contributed by atoms with Crippen LogP contribution in [-0.2, 0) is 22.8 Å². The molecule has 3 atom stereocenters. The van der Waals surface area contributed by atoms with Gasteiger partial charge in [-0.1, -0.05) is 12.5 Å². The summed E-state index contributed by atoms with van der Waals surface area (Å²) in [7, 11) is 4.10. The first kappa shape index (κ1) is 33.8. The van der Waals surface area contributed by atoms with Gasteiger partial charge in [-0.15, -0.1) is 0 Å². The van der Waals surface area contributed by atoms with Crippen LogP contribution in [-0.4, -0.2) is 84.9 Å². The fourth-order valence-corrected chi connectivity index (χ4v) is 7.42. The second-order valence-corrected chi connectivity index (χ2v) is 14.2. The zero-order valence-corrected chi connectivity index (χ0v) is 29.5. The molecule has 2 fully saturated rings. The molecule has 4 aromatic rings. The Kier molecular flexibility index (Phi) is 9.45. The molecule has 6 rings (SSSR count). The van der Waals surface area contributed by atoms with Gasteiger partial charge in [0.05, 0.1) is 5.52 Å². The van der Waals surface area contributed by atoms with Crippen molar-refractivity contribution in [2.75, 3.05) is 26.0 Å². The van der Waals surface area contributed by atoms with E-state index in [1.807, 2.05) is 13.0 Å². The largest absolute Gasteiger partial charge is 0.325 e. The molecule has 1 N–H and O–H groups in total. The SMILES string of the molecule is CC(=O)c1nn(CC(=O)N2C3C[C@]3(CCCCN(C)C)C[C@H]2C(=O)Nc2nc(Br)ccc2C)c2c(CF)cc(-c3cnc(C)nc3)cc12.